The van der Waals surface area contributed by atoms with Gasteiger partial charge in [-0.1, -0.05) is 37.8 Å². The van der Waals surface area contributed by atoms with Crippen molar-refractivity contribution in [3.05, 3.63) is 24.3 Å². The Morgan fingerprint density at radius 3 is 2.39 bits per heavy atom. The molecule has 0 saturated heterocycles. The fraction of sp³-hybridized carbons (Fsp3) is 0.625. The van der Waals surface area contributed by atoms with Gasteiger partial charge >= 0.3 is 0 Å². The van der Waals surface area contributed by atoms with Gasteiger partial charge in [0, 0.05) is 24.0 Å². The molecule has 0 aliphatic heterocycles. The SMILES string of the molecule is CSc1ccccc1S(=O)(=O)NCCNC1CCCCCC1.Cl. The van der Waals surface area contributed by atoms with E-state index < -0.39 is 10.0 Å². The predicted molar refractivity (Wildman–Crippen MR) is 100 cm³/mol. The standard InChI is InChI=1S/C16H26N2O2S2.ClH/c1-21-15-10-6-7-11-16(15)22(19,20)18-13-12-17-14-8-4-2-3-5-9-14;/h6-7,10-11,14,17-18H,2-5,8-9,12-13H2,1H3;1H. The van der Waals surface area contributed by atoms with Crippen molar-refractivity contribution in [2.75, 3.05) is 19.3 Å². The van der Waals surface area contributed by atoms with E-state index in [9.17, 15) is 8.42 Å². The lowest BCUT2D eigenvalue weighted by atomic mass is 10.1. The third-order valence-corrected chi connectivity index (χ3v) is 6.51. The smallest absolute Gasteiger partial charge is 0.241 e. The second kappa shape index (κ2) is 10.6. The molecule has 1 fully saturated rings. The summed E-state index contributed by atoms with van der Waals surface area (Å²) < 4.78 is 27.4. The predicted octanol–water partition coefficient (Wildman–Crippen LogP) is 3.42. The maximum atomic E-state index is 12.4. The first kappa shape index (κ1) is 20.8. The van der Waals surface area contributed by atoms with Gasteiger partial charge in [0.15, 0.2) is 0 Å². The van der Waals surface area contributed by atoms with Crippen LogP contribution in [0.15, 0.2) is 34.1 Å². The van der Waals surface area contributed by atoms with Crippen LogP contribution in [0.2, 0.25) is 0 Å². The zero-order valence-corrected chi connectivity index (χ0v) is 16.0. The van der Waals surface area contributed by atoms with Crippen LogP contribution in [0.25, 0.3) is 0 Å². The molecule has 1 aliphatic rings. The van der Waals surface area contributed by atoms with Gasteiger partial charge in [-0.25, -0.2) is 13.1 Å². The molecule has 1 aliphatic carbocycles. The van der Waals surface area contributed by atoms with E-state index in [2.05, 4.69) is 10.0 Å². The van der Waals surface area contributed by atoms with E-state index in [0.29, 0.717) is 24.0 Å². The van der Waals surface area contributed by atoms with Gasteiger partial charge in [-0.3, -0.25) is 0 Å². The van der Waals surface area contributed by atoms with Crippen LogP contribution < -0.4 is 10.0 Å². The number of hydrogen-bond acceptors (Lipinski definition) is 4. The lowest BCUT2D eigenvalue weighted by molar-refractivity contribution is 0.461. The Kier molecular flexibility index (Phi) is 9.54. The lowest BCUT2D eigenvalue weighted by Gasteiger charge is -2.16. The molecule has 0 unspecified atom stereocenters. The largest absolute Gasteiger partial charge is 0.313 e. The van der Waals surface area contributed by atoms with Crippen LogP contribution in [-0.2, 0) is 10.0 Å². The molecular formula is C16H27ClN2O2S2. The van der Waals surface area contributed by atoms with E-state index in [4.69, 9.17) is 0 Å². The molecule has 1 aromatic carbocycles. The first-order chi connectivity index (χ1) is 10.6. The normalized spacial score (nSPS) is 16.6. The molecule has 132 valence electrons. The van der Waals surface area contributed by atoms with Crippen molar-refractivity contribution in [2.24, 2.45) is 0 Å². The van der Waals surface area contributed by atoms with Gasteiger partial charge in [-0.05, 0) is 31.2 Å². The summed E-state index contributed by atoms with van der Waals surface area (Å²) in [5, 5.41) is 3.48. The van der Waals surface area contributed by atoms with Crippen molar-refractivity contribution < 1.29 is 8.42 Å². The number of nitrogens with one attached hydrogen (secondary N) is 2. The summed E-state index contributed by atoms with van der Waals surface area (Å²) in [5.74, 6) is 0. The highest BCUT2D eigenvalue weighted by molar-refractivity contribution is 7.99. The molecule has 0 heterocycles. The van der Waals surface area contributed by atoms with Crippen molar-refractivity contribution in [1.82, 2.24) is 10.0 Å². The first-order valence-electron chi connectivity index (χ1n) is 7.99. The first-order valence-corrected chi connectivity index (χ1v) is 10.7. The van der Waals surface area contributed by atoms with Gasteiger partial charge in [-0.2, -0.15) is 0 Å². The molecule has 0 amide bonds. The molecule has 0 spiro atoms. The third kappa shape index (κ3) is 6.63. The molecule has 0 atom stereocenters. The Morgan fingerprint density at radius 2 is 1.74 bits per heavy atom. The van der Waals surface area contributed by atoms with Gasteiger partial charge in [-0.15, -0.1) is 24.2 Å². The highest BCUT2D eigenvalue weighted by Gasteiger charge is 2.17. The fourth-order valence-electron chi connectivity index (χ4n) is 2.86. The summed E-state index contributed by atoms with van der Waals surface area (Å²) in [6.07, 6.45) is 9.54. The quantitative estimate of drug-likeness (QED) is 0.433. The lowest BCUT2D eigenvalue weighted by Crippen LogP contribution is -2.37. The van der Waals surface area contributed by atoms with Crippen molar-refractivity contribution >= 4 is 34.2 Å². The van der Waals surface area contributed by atoms with Gasteiger partial charge in [0.1, 0.15) is 0 Å². The topological polar surface area (TPSA) is 58.2 Å². The summed E-state index contributed by atoms with van der Waals surface area (Å²) in [7, 11) is -3.42. The van der Waals surface area contributed by atoms with Crippen LogP contribution in [0.5, 0.6) is 0 Å². The number of benzene rings is 1. The zero-order valence-electron chi connectivity index (χ0n) is 13.6. The summed E-state index contributed by atoms with van der Waals surface area (Å²) in [6, 6.07) is 7.66. The number of sulfonamides is 1. The minimum absolute atomic E-state index is 0. The minimum Gasteiger partial charge on any atom is -0.313 e. The van der Waals surface area contributed by atoms with Crippen LogP contribution in [0.4, 0.5) is 0 Å². The summed E-state index contributed by atoms with van der Waals surface area (Å²) >= 11 is 1.45. The molecule has 0 radical (unpaired) electrons. The number of thioether (sulfide) groups is 1. The molecular weight excluding hydrogens is 352 g/mol. The van der Waals surface area contributed by atoms with Crippen molar-refractivity contribution in [3.63, 3.8) is 0 Å². The number of halogens is 1. The van der Waals surface area contributed by atoms with Crippen molar-refractivity contribution in [3.8, 4) is 0 Å². The maximum absolute atomic E-state index is 12.4. The molecule has 2 rings (SSSR count). The Morgan fingerprint density at radius 1 is 1.09 bits per heavy atom. The number of hydrogen-bond donors (Lipinski definition) is 2. The van der Waals surface area contributed by atoms with Crippen molar-refractivity contribution in [2.45, 2.75) is 54.4 Å². The van der Waals surface area contributed by atoms with E-state index in [1.165, 1.54) is 50.3 Å². The molecule has 23 heavy (non-hydrogen) atoms. The van der Waals surface area contributed by atoms with Crippen LogP contribution >= 0.6 is 24.2 Å². The highest BCUT2D eigenvalue weighted by atomic mass is 35.5. The molecule has 7 heteroatoms. The van der Waals surface area contributed by atoms with E-state index in [-0.39, 0.29) is 12.4 Å². The Labute approximate surface area is 150 Å². The average molecular weight is 379 g/mol. The van der Waals surface area contributed by atoms with Crippen LogP contribution in [0.3, 0.4) is 0 Å². The Hall–Kier alpha value is -0.270. The van der Waals surface area contributed by atoms with Gasteiger partial charge in [0.2, 0.25) is 10.0 Å². The van der Waals surface area contributed by atoms with E-state index in [1.54, 1.807) is 12.1 Å². The van der Waals surface area contributed by atoms with Crippen molar-refractivity contribution in [1.29, 1.82) is 0 Å². The van der Waals surface area contributed by atoms with Crippen LogP contribution in [0.1, 0.15) is 38.5 Å². The summed E-state index contributed by atoms with van der Waals surface area (Å²) in [5.41, 5.74) is 0. The third-order valence-electron chi connectivity index (χ3n) is 4.06. The molecule has 0 aromatic heterocycles. The Bertz CT molecular complexity index is 559. The highest BCUT2D eigenvalue weighted by Crippen LogP contribution is 2.23. The number of rotatable bonds is 7. The van der Waals surface area contributed by atoms with Gasteiger partial charge in [0.25, 0.3) is 0 Å². The summed E-state index contributed by atoms with van der Waals surface area (Å²) in [4.78, 5) is 1.16. The zero-order chi connectivity index (χ0) is 15.8. The second-order valence-electron chi connectivity index (χ2n) is 5.69. The summed E-state index contributed by atoms with van der Waals surface area (Å²) in [6.45, 7) is 1.12. The van der Waals surface area contributed by atoms with E-state index in [1.807, 2.05) is 18.4 Å². The molecule has 1 aromatic rings. The molecule has 1 saturated carbocycles. The second-order valence-corrected chi connectivity index (χ2v) is 8.27. The van der Waals surface area contributed by atoms with E-state index in [0.717, 1.165) is 4.90 Å². The van der Waals surface area contributed by atoms with Gasteiger partial charge in [0.05, 0.1) is 4.90 Å². The average Bonchev–Trinajstić information content (AvgIpc) is 2.80. The monoisotopic (exact) mass is 378 g/mol. The van der Waals surface area contributed by atoms with Crippen LogP contribution in [-0.4, -0.2) is 33.8 Å². The fourth-order valence-corrected chi connectivity index (χ4v) is 5.04. The van der Waals surface area contributed by atoms with E-state index >= 15 is 0 Å². The molecule has 0 bridgehead atoms. The van der Waals surface area contributed by atoms with Crippen LogP contribution in [0, 0.1) is 0 Å². The van der Waals surface area contributed by atoms with Gasteiger partial charge < -0.3 is 5.32 Å². The molecule has 2 N–H and O–H groups in total. The Balaban J connectivity index is 0.00000264. The minimum atomic E-state index is -3.42. The molecule has 4 nitrogen and oxygen atoms in total. The maximum Gasteiger partial charge on any atom is 0.241 e.